The van der Waals surface area contributed by atoms with Gasteiger partial charge in [-0.1, -0.05) is 41.4 Å². The van der Waals surface area contributed by atoms with Crippen LogP contribution in [-0.2, 0) is 29.2 Å². The zero-order chi connectivity index (χ0) is 49.9. The second-order valence-electron chi connectivity index (χ2n) is 18.7. The molecule has 14 nitrogen and oxygen atoms in total. The van der Waals surface area contributed by atoms with Crippen molar-refractivity contribution in [2.75, 3.05) is 46.4 Å². The Bertz CT molecular complexity index is 3030. The van der Waals surface area contributed by atoms with Gasteiger partial charge >= 0.3 is 5.97 Å². The van der Waals surface area contributed by atoms with Gasteiger partial charge in [-0.3, -0.25) is 9.88 Å². The topological polar surface area (TPSA) is 154 Å². The zero-order valence-corrected chi connectivity index (χ0v) is 42.5. The van der Waals surface area contributed by atoms with Crippen molar-refractivity contribution in [2.45, 2.75) is 83.4 Å². The van der Waals surface area contributed by atoms with Gasteiger partial charge < -0.3 is 33.7 Å². The maximum absolute atomic E-state index is 14.4. The van der Waals surface area contributed by atoms with Gasteiger partial charge in [-0.2, -0.15) is 0 Å². The highest BCUT2D eigenvalue weighted by molar-refractivity contribution is 7.22. The molecular formula is C54H54Cl2FN7O7S. The summed E-state index contributed by atoms with van der Waals surface area (Å²) in [5.74, 6) is 0.569. The van der Waals surface area contributed by atoms with Gasteiger partial charge in [0.2, 0.25) is 12.0 Å². The molecule has 7 aromatic rings. The van der Waals surface area contributed by atoms with Crippen molar-refractivity contribution in [3.05, 3.63) is 135 Å². The van der Waals surface area contributed by atoms with Crippen LogP contribution in [0.2, 0.25) is 10.0 Å². The number of benzene rings is 3. The Kier molecular flexibility index (Phi) is 15.1. The van der Waals surface area contributed by atoms with Crippen LogP contribution in [0.4, 0.5) is 4.39 Å². The van der Waals surface area contributed by atoms with E-state index in [1.54, 1.807) is 42.7 Å². The molecule has 4 aliphatic rings. The van der Waals surface area contributed by atoms with Gasteiger partial charge in [0.15, 0.2) is 5.75 Å². The summed E-state index contributed by atoms with van der Waals surface area (Å²) in [4.78, 5) is 42.3. The molecule has 2 atom stereocenters. The first kappa shape index (κ1) is 49.6. The Morgan fingerprint density at radius 1 is 0.903 bits per heavy atom. The highest BCUT2D eigenvalue weighted by atomic mass is 35.5. The van der Waals surface area contributed by atoms with E-state index in [-0.39, 0.29) is 37.5 Å². The third kappa shape index (κ3) is 11.0. The fourth-order valence-electron chi connectivity index (χ4n) is 9.74. The van der Waals surface area contributed by atoms with Gasteiger partial charge in [0.25, 0.3) is 0 Å². The fourth-order valence-corrected chi connectivity index (χ4v) is 11.4. The van der Waals surface area contributed by atoms with E-state index in [0.717, 1.165) is 63.3 Å². The molecule has 2 fully saturated rings. The predicted octanol–water partition coefficient (Wildman–Crippen LogP) is 10.6. The molecule has 0 unspecified atom stereocenters. The third-order valence-corrected chi connectivity index (χ3v) is 15.8. The number of fused-ring (bicyclic) bond motifs is 7. The largest absolute Gasteiger partial charge is 0.490 e. The first-order valence-corrected chi connectivity index (χ1v) is 25.7. The number of likely N-dealkylation sites (N-methyl/N-ethyl adjacent to an activating group) is 1. The molecule has 1 saturated heterocycles. The molecule has 4 bridgehead atoms. The monoisotopic (exact) mass is 1030 g/mol. The van der Waals surface area contributed by atoms with Crippen LogP contribution >= 0.6 is 34.5 Å². The minimum atomic E-state index is -1.46. The Labute approximate surface area is 431 Å². The average molecular weight is 1040 g/mol. The summed E-state index contributed by atoms with van der Waals surface area (Å²) in [7, 11) is 2.11. The van der Waals surface area contributed by atoms with Crippen LogP contribution in [0.15, 0.2) is 85.6 Å². The number of carbonyl (C=O) groups is 1. The first-order valence-electron chi connectivity index (χ1n) is 24.2. The van der Waals surface area contributed by atoms with Crippen molar-refractivity contribution in [1.82, 2.24) is 34.7 Å². The molecule has 0 spiro atoms. The molecule has 4 aromatic heterocycles. The molecule has 7 heterocycles. The van der Waals surface area contributed by atoms with Crippen LogP contribution in [0.5, 0.6) is 23.1 Å². The van der Waals surface area contributed by atoms with E-state index in [1.165, 1.54) is 29.8 Å². The fraction of sp³-hybridized carbons (Fsp3) is 0.370. The smallest absolute Gasteiger partial charge is 0.345 e. The number of hydrogen-bond donors (Lipinski definition) is 1. The second-order valence-corrected chi connectivity index (χ2v) is 20.4. The van der Waals surface area contributed by atoms with Crippen LogP contribution in [0.1, 0.15) is 65.4 Å². The predicted molar refractivity (Wildman–Crippen MR) is 274 cm³/mol. The maximum atomic E-state index is 14.4. The number of piperazine rings is 1. The van der Waals surface area contributed by atoms with Crippen molar-refractivity contribution in [3.63, 3.8) is 0 Å². The molecular weight excluding hydrogens is 981 g/mol. The van der Waals surface area contributed by atoms with E-state index in [0.29, 0.717) is 94.6 Å². The second kappa shape index (κ2) is 22.0. The van der Waals surface area contributed by atoms with Gasteiger partial charge in [-0.05, 0) is 117 Å². The maximum Gasteiger partial charge on any atom is 0.345 e. The number of ether oxygens (including phenoxy) is 5. The molecule has 18 heteroatoms. The number of aliphatic carboxylic acids is 1. The number of carboxylic acid groups (broad SMARTS) is 1. The molecule has 3 aliphatic heterocycles. The molecule has 0 amide bonds. The van der Waals surface area contributed by atoms with Gasteiger partial charge in [-0.15, -0.1) is 11.3 Å². The van der Waals surface area contributed by atoms with Crippen LogP contribution in [0, 0.1) is 19.7 Å². The summed E-state index contributed by atoms with van der Waals surface area (Å²) < 4.78 is 47.1. The Balaban J connectivity index is 0.991. The Hall–Kier alpha value is -6.01. The number of aromatic nitrogens is 5. The Morgan fingerprint density at radius 2 is 1.68 bits per heavy atom. The molecule has 11 rings (SSSR count). The van der Waals surface area contributed by atoms with Crippen LogP contribution < -0.4 is 18.9 Å². The molecule has 0 radical (unpaired) electrons. The van der Waals surface area contributed by atoms with E-state index >= 15 is 0 Å². The van der Waals surface area contributed by atoms with Crippen molar-refractivity contribution in [2.24, 2.45) is 0 Å². The summed E-state index contributed by atoms with van der Waals surface area (Å²) in [6.45, 7) is 8.51. The van der Waals surface area contributed by atoms with E-state index in [1.807, 2.05) is 38.2 Å². The lowest BCUT2D eigenvalue weighted by molar-refractivity contribution is -0.145. The number of hydrogen-bond acceptors (Lipinski definition) is 14. The van der Waals surface area contributed by atoms with Crippen LogP contribution in [0.25, 0.3) is 31.8 Å². The lowest BCUT2D eigenvalue weighted by Gasteiger charge is -2.35. The molecule has 3 aromatic carbocycles. The molecule has 1 aliphatic carbocycles. The van der Waals surface area contributed by atoms with Crippen LogP contribution in [-0.4, -0.2) is 110 Å². The highest BCUT2D eigenvalue weighted by Crippen LogP contribution is 2.53. The van der Waals surface area contributed by atoms with Crippen molar-refractivity contribution < 1.29 is 38.0 Å². The lowest BCUT2D eigenvalue weighted by atomic mass is 9.86. The third-order valence-electron chi connectivity index (χ3n) is 13.7. The van der Waals surface area contributed by atoms with E-state index in [4.69, 9.17) is 51.9 Å². The quantitative estimate of drug-likeness (QED) is 0.131. The molecule has 1 saturated carbocycles. The number of pyridine rings is 1. The zero-order valence-electron chi connectivity index (χ0n) is 40.2. The molecule has 72 heavy (non-hydrogen) atoms. The van der Waals surface area contributed by atoms with Gasteiger partial charge in [0.05, 0.1) is 33.8 Å². The summed E-state index contributed by atoms with van der Waals surface area (Å²) in [5, 5.41) is 12.0. The van der Waals surface area contributed by atoms with Gasteiger partial charge in [0, 0.05) is 79.7 Å². The van der Waals surface area contributed by atoms with E-state index in [9.17, 15) is 14.3 Å². The van der Waals surface area contributed by atoms with Crippen molar-refractivity contribution in [1.29, 1.82) is 0 Å². The highest BCUT2D eigenvalue weighted by Gasteiger charge is 2.33. The van der Waals surface area contributed by atoms with Crippen molar-refractivity contribution >= 4 is 50.7 Å². The van der Waals surface area contributed by atoms with E-state index in [2.05, 4.69) is 36.8 Å². The summed E-state index contributed by atoms with van der Waals surface area (Å²) in [6.07, 6.45) is 8.32. The number of rotatable bonds is 11. The number of thiophene rings is 1. The SMILES string of the molecule is Cc1c(Cl)c2c(Cl)c(C)c1-c1c(-c3ccc(F)cc3)sc3ncnc(c13)O[C@@H](C(=O)O)Cc1cc(ccc1OCc1ccnc(C3CCC(OCc4cccnc4)CC3)n1)OC[C@@H](CN1CCN(C)CC1)O2. The summed E-state index contributed by atoms with van der Waals surface area (Å²) in [5.41, 5.74) is 5.55. The average Bonchev–Trinajstić information content (AvgIpc) is 3.78. The number of carboxylic acids is 1. The van der Waals surface area contributed by atoms with Gasteiger partial charge in [0.1, 0.15) is 53.6 Å². The molecule has 374 valence electrons. The number of nitrogens with zero attached hydrogens (tertiary/aromatic N) is 7. The number of halogens is 3. The van der Waals surface area contributed by atoms with E-state index < -0.39 is 24.0 Å². The lowest BCUT2D eigenvalue weighted by Crippen LogP contribution is -2.49. The van der Waals surface area contributed by atoms with Gasteiger partial charge in [-0.25, -0.2) is 29.1 Å². The van der Waals surface area contributed by atoms with Crippen molar-refractivity contribution in [3.8, 4) is 44.7 Å². The summed E-state index contributed by atoms with van der Waals surface area (Å²) in [6, 6.07) is 17.3. The Morgan fingerprint density at radius 3 is 2.42 bits per heavy atom. The minimum absolute atomic E-state index is 0.0346. The first-order chi connectivity index (χ1) is 34.9. The van der Waals surface area contributed by atoms with Crippen LogP contribution in [0.3, 0.4) is 0 Å². The summed E-state index contributed by atoms with van der Waals surface area (Å²) >= 11 is 16.0. The standard InChI is InChI=1S/C54H54Cl2FN7O7S/c1-31-44-32(2)48(56)49(47(31)55)70-41(26-64-21-19-63(3)20-22-64)29-68-40-14-15-42(69-28-38-16-18-59-51(62-38)35-8-12-39(13-9-35)67-27-33-5-4-17-58-25-33)36(23-40)24-43(54(65)66)71-52-46-45(44)50(72-53(46)61-30-60-52)34-6-10-37(57)11-7-34/h4-7,10-11,14-18,23,25,30,35,39,41,43H,8-9,12-13,19-22,24,26-29H2,1-3H3,(H,65,66)/t35?,39?,41-,43-/m1/s1. The normalized spacial score (nSPS) is 19.8. The molecule has 1 N–H and O–H groups in total. The minimum Gasteiger partial charge on any atom is -0.490 e.